The smallest absolute Gasteiger partial charge is 0.178 e. The minimum atomic E-state index is 0.847. The zero-order chi connectivity index (χ0) is 12.7. The van der Waals surface area contributed by atoms with E-state index in [1.807, 2.05) is 28.8 Å². The largest absolute Gasteiger partial charge is 0.215 e. The highest BCUT2D eigenvalue weighted by Crippen LogP contribution is 2.23. The van der Waals surface area contributed by atoms with Crippen molar-refractivity contribution in [1.82, 2.24) is 19.8 Å². The van der Waals surface area contributed by atoms with Gasteiger partial charge in [-0.15, -0.1) is 5.10 Å². The van der Waals surface area contributed by atoms with Gasteiger partial charge in [-0.2, -0.15) is 10.2 Å². The molecule has 4 nitrogen and oxygen atoms in total. The van der Waals surface area contributed by atoms with Crippen LogP contribution in [0.15, 0.2) is 36.4 Å². The molecular weight excluding hydrogens is 236 g/mol. The maximum absolute atomic E-state index is 4.71. The standard InChI is InChI=1S/C15H14N4/c1-2-6-11(7-3-1)13-10-15-17-16-12-8-4-5-9-14(12)19(15)18-13/h1-3,6-7,10H,4-5,8-9H2. The lowest BCUT2D eigenvalue weighted by molar-refractivity contribution is 0.613. The molecule has 4 rings (SSSR count). The summed E-state index contributed by atoms with van der Waals surface area (Å²) in [6.07, 6.45) is 4.50. The van der Waals surface area contributed by atoms with Gasteiger partial charge in [0, 0.05) is 11.6 Å². The van der Waals surface area contributed by atoms with E-state index < -0.39 is 0 Å². The molecule has 0 aliphatic heterocycles. The van der Waals surface area contributed by atoms with E-state index in [0.717, 1.165) is 35.4 Å². The van der Waals surface area contributed by atoms with Crippen LogP contribution >= 0.6 is 0 Å². The van der Waals surface area contributed by atoms with Gasteiger partial charge in [0.25, 0.3) is 0 Å². The molecule has 0 N–H and O–H groups in total. The number of aryl methyl sites for hydroxylation is 2. The van der Waals surface area contributed by atoms with Crippen molar-refractivity contribution in [2.45, 2.75) is 25.7 Å². The zero-order valence-electron chi connectivity index (χ0n) is 10.6. The first-order valence-electron chi connectivity index (χ1n) is 6.71. The van der Waals surface area contributed by atoms with Crippen molar-refractivity contribution in [2.24, 2.45) is 0 Å². The maximum atomic E-state index is 4.71. The lowest BCUT2D eigenvalue weighted by Gasteiger charge is -2.13. The molecule has 0 amide bonds. The zero-order valence-corrected chi connectivity index (χ0v) is 10.6. The molecule has 0 saturated carbocycles. The van der Waals surface area contributed by atoms with Gasteiger partial charge in [-0.25, -0.2) is 4.52 Å². The van der Waals surface area contributed by atoms with Crippen molar-refractivity contribution in [2.75, 3.05) is 0 Å². The first-order valence-corrected chi connectivity index (χ1v) is 6.71. The minimum absolute atomic E-state index is 0.847. The van der Waals surface area contributed by atoms with Gasteiger partial charge in [0.05, 0.1) is 17.1 Å². The van der Waals surface area contributed by atoms with E-state index in [1.165, 1.54) is 18.5 Å². The lowest BCUT2D eigenvalue weighted by atomic mass is 10.0. The molecule has 1 aromatic carbocycles. The average molecular weight is 250 g/mol. The van der Waals surface area contributed by atoms with Gasteiger partial charge in [0.15, 0.2) is 5.65 Å². The highest BCUT2D eigenvalue weighted by Gasteiger charge is 2.16. The van der Waals surface area contributed by atoms with Gasteiger partial charge in [-0.1, -0.05) is 30.3 Å². The maximum Gasteiger partial charge on any atom is 0.178 e. The molecule has 0 spiro atoms. The van der Waals surface area contributed by atoms with Crippen molar-refractivity contribution in [3.63, 3.8) is 0 Å². The molecule has 2 heterocycles. The second-order valence-electron chi connectivity index (χ2n) is 4.97. The Morgan fingerprint density at radius 3 is 2.68 bits per heavy atom. The average Bonchev–Trinajstić information content (AvgIpc) is 2.93. The molecule has 0 radical (unpaired) electrons. The monoisotopic (exact) mass is 250 g/mol. The van der Waals surface area contributed by atoms with Crippen LogP contribution in [-0.2, 0) is 12.8 Å². The lowest BCUT2D eigenvalue weighted by Crippen LogP contribution is -2.13. The summed E-state index contributed by atoms with van der Waals surface area (Å²) in [5, 5.41) is 13.3. The third-order valence-electron chi connectivity index (χ3n) is 3.70. The Labute approximate surface area is 111 Å². The van der Waals surface area contributed by atoms with Crippen LogP contribution in [-0.4, -0.2) is 19.8 Å². The van der Waals surface area contributed by atoms with Crippen molar-refractivity contribution in [3.8, 4) is 11.3 Å². The number of aromatic nitrogens is 4. The summed E-state index contributed by atoms with van der Waals surface area (Å²) < 4.78 is 1.98. The number of rotatable bonds is 1. The minimum Gasteiger partial charge on any atom is -0.215 e. The highest BCUT2D eigenvalue weighted by atomic mass is 15.3. The van der Waals surface area contributed by atoms with E-state index in [4.69, 9.17) is 5.10 Å². The highest BCUT2D eigenvalue weighted by molar-refractivity contribution is 5.63. The Balaban J connectivity index is 1.92. The molecular formula is C15H14N4. The normalized spacial score (nSPS) is 14.5. The van der Waals surface area contributed by atoms with Crippen molar-refractivity contribution in [3.05, 3.63) is 47.8 Å². The van der Waals surface area contributed by atoms with Crippen LogP contribution in [0.5, 0.6) is 0 Å². The number of fused-ring (bicyclic) bond motifs is 3. The van der Waals surface area contributed by atoms with Gasteiger partial charge in [-0.05, 0) is 25.7 Å². The van der Waals surface area contributed by atoms with Gasteiger partial charge in [-0.3, -0.25) is 0 Å². The first kappa shape index (κ1) is 10.7. The fourth-order valence-corrected chi connectivity index (χ4v) is 2.71. The third kappa shape index (κ3) is 1.71. The van der Waals surface area contributed by atoms with Crippen LogP contribution in [0.2, 0.25) is 0 Å². The van der Waals surface area contributed by atoms with Crippen LogP contribution in [0, 0.1) is 0 Å². The summed E-state index contributed by atoms with van der Waals surface area (Å²) in [5.41, 5.74) is 5.28. The Bertz CT molecular complexity index is 730. The topological polar surface area (TPSA) is 43.1 Å². The number of nitrogens with zero attached hydrogens (tertiary/aromatic N) is 4. The van der Waals surface area contributed by atoms with Crippen LogP contribution in [0.1, 0.15) is 24.2 Å². The predicted molar refractivity (Wildman–Crippen MR) is 72.9 cm³/mol. The third-order valence-corrected chi connectivity index (χ3v) is 3.70. The van der Waals surface area contributed by atoms with E-state index in [0.29, 0.717) is 0 Å². The summed E-state index contributed by atoms with van der Waals surface area (Å²) >= 11 is 0. The SMILES string of the molecule is c1ccc(-c2cc3nnc4c(n3n2)CCCC4)cc1. The van der Waals surface area contributed by atoms with Crippen molar-refractivity contribution >= 4 is 5.65 Å². The fraction of sp³-hybridized carbons (Fsp3) is 0.267. The summed E-state index contributed by atoms with van der Waals surface area (Å²) in [5.74, 6) is 0. The Morgan fingerprint density at radius 2 is 1.79 bits per heavy atom. The Morgan fingerprint density at radius 1 is 0.947 bits per heavy atom. The van der Waals surface area contributed by atoms with Crippen LogP contribution in [0.3, 0.4) is 0 Å². The van der Waals surface area contributed by atoms with Gasteiger partial charge >= 0.3 is 0 Å². The molecule has 1 aliphatic carbocycles. The molecule has 0 unspecified atom stereocenters. The summed E-state index contributed by atoms with van der Waals surface area (Å²) in [6.45, 7) is 0. The fourth-order valence-electron chi connectivity index (χ4n) is 2.71. The van der Waals surface area contributed by atoms with E-state index in [1.54, 1.807) is 0 Å². The molecule has 0 bridgehead atoms. The van der Waals surface area contributed by atoms with E-state index >= 15 is 0 Å². The van der Waals surface area contributed by atoms with Crippen molar-refractivity contribution in [1.29, 1.82) is 0 Å². The molecule has 4 heteroatoms. The predicted octanol–water partition coefficient (Wildman–Crippen LogP) is 2.67. The first-order chi connectivity index (χ1) is 9.42. The molecule has 0 saturated heterocycles. The van der Waals surface area contributed by atoms with Gasteiger partial charge < -0.3 is 0 Å². The van der Waals surface area contributed by atoms with Crippen LogP contribution in [0.4, 0.5) is 0 Å². The van der Waals surface area contributed by atoms with E-state index in [-0.39, 0.29) is 0 Å². The van der Waals surface area contributed by atoms with Crippen LogP contribution < -0.4 is 0 Å². The number of benzene rings is 1. The second kappa shape index (κ2) is 4.16. The molecule has 0 atom stereocenters. The van der Waals surface area contributed by atoms with E-state index in [9.17, 15) is 0 Å². The molecule has 1 aliphatic rings. The number of hydrogen-bond donors (Lipinski definition) is 0. The summed E-state index contributed by atoms with van der Waals surface area (Å²) in [4.78, 5) is 0. The number of hydrogen-bond acceptors (Lipinski definition) is 3. The molecule has 94 valence electrons. The second-order valence-corrected chi connectivity index (χ2v) is 4.97. The van der Waals surface area contributed by atoms with Crippen molar-refractivity contribution < 1.29 is 0 Å². The Hall–Kier alpha value is -2.23. The molecule has 0 fully saturated rings. The quantitative estimate of drug-likeness (QED) is 0.667. The summed E-state index contributed by atoms with van der Waals surface area (Å²) in [7, 11) is 0. The Kier molecular flexibility index (Phi) is 2.33. The van der Waals surface area contributed by atoms with Gasteiger partial charge in [0.2, 0.25) is 0 Å². The molecule has 19 heavy (non-hydrogen) atoms. The molecule has 2 aromatic heterocycles. The van der Waals surface area contributed by atoms with Gasteiger partial charge in [0.1, 0.15) is 0 Å². The van der Waals surface area contributed by atoms with Crippen LogP contribution in [0.25, 0.3) is 16.9 Å². The van der Waals surface area contributed by atoms with E-state index in [2.05, 4.69) is 22.3 Å². The summed E-state index contributed by atoms with van der Waals surface area (Å²) in [6, 6.07) is 12.2. The molecule has 3 aromatic rings.